The molecule has 3 N–H and O–H groups in total. The van der Waals surface area contributed by atoms with E-state index in [9.17, 15) is 4.79 Å². The number of thiazole rings is 1. The lowest BCUT2D eigenvalue weighted by Gasteiger charge is -1.98. The van der Waals surface area contributed by atoms with E-state index in [0.29, 0.717) is 10.8 Å². The summed E-state index contributed by atoms with van der Waals surface area (Å²) in [5.74, 6) is -0.0533. The Kier molecular flexibility index (Phi) is 3.22. The third kappa shape index (κ3) is 2.55. The van der Waals surface area contributed by atoms with Crippen LogP contribution in [0, 0.1) is 0 Å². The van der Waals surface area contributed by atoms with Gasteiger partial charge in [-0.05, 0) is 24.3 Å². The molecule has 100 valence electrons. The number of hydrogen-bond donors (Lipinski definition) is 2. The zero-order valence-corrected chi connectivity index (χ0v) is 11.2. The van der Waals surface area contributed by atoms with Crippen LogP contribution < -0.4 is 11.1 Å². The van der Waals surface area contributed by atoms with Gasteiger partial charge in [-0.2, -0.15) is 0 Å². The fourth-order valence-corrected chi connectivity index (χ4v) is 2.40. The second kappa shape index (κ2) is 5.18. The minimum Gasteiger partial charge on any atom is -0.459 e. The summed E-state index contributed by atoms with van der Waals surface area (Å²) < 4.78 is 5.02. The molecule has 3 rings (SSSR count). The summed E-state index contributed by atoms with van der Waals surface area (Å²) in [6.07, 6.45) is 1.45. The molecule has 1 amide bonds. The van der Waals surface area contributed by atoms with Crippen LogP contribution in [-0.2, 0) is 0 Å². The van der Waals surface area contributed by atoms with Gasteiger partial charge < -0.3 is 10.2 Å². The van der Waals surface area contributed by atoms with Gasteiger partial charge in [0.1, 0.15) is 0 Å². The average molecular weight is 285 g/mol. The van der Waals surface area contributed by atoms with Gasteiger partial charge in [-0.1, -0.05) is 12.1 Å². The van der Waals surface area contributed by atoms with E-state index < -0.39 is 0 Å². The molecule has 0 aliphatic carbocycles. The highest BCUT2D eigenvalue weighted by Gasteiger charge is 2.11. The largest absolute Gasteiger partial charge is 0.459 e. The third-order valence-corrected chi connectivity index (χ3v) is 3.43. The summed E-state index contributed by atoms with van der Waals surface area (Å²) in [4.78, 5) is 16.2. The zero-order chi connectivity index (χ0) is 13.9. The standard InChI is InChI=1S/C14H11N3O2S/c15-10-5-3-9(4-6-10)11-8-20-14(16-11)17-13(18)12-2-1-7-19-12/h1-8H,15H2,(H,16,17,18). The van der Waals surface area contributed by atoms with Crippen LogP contribution in [0.25, 0.3) is 11.3 Å². The van der Waals surface area contributed by atoms with Crippen molar-refractivity contribution in [2.75, 3.05) is 11.1 Å². The molecule has 0 saturated heterocycles. The SMILES string of the molecule is Nc1ccc(-c2csc(NC(=O)c3ccco3)n2)cc1. The lowest BCUT2D eigenvalue weighted by molar-refractivity contribution is 0.0996. The number of furan rings is 1. The Balaban J connectivity index is 1.77. The van der Waals surface area contributed by atoms with E-state index >= 15 is 0 Å². The van der Waals surface area contributed by atoms with Crippen LogP contribution in [0.5, 0.6) is 0 Å². The van der Waals surface area contributed by atoms with Crippen molar-refractivity contribution >= 4 is 28.1 Å². The maximum atomic E-state index is 11.8. The number of carbonyl (C=O) groups excluding carboxylic acids is 1. The van der Waals surface area contributed by atoms with Crippen molar-refractivity contribution in [2.24, 2.45) is 0 Å². The number of nitrogens with two attached hydrogens (primary N) is 1. The number of anilines is 2. The summed E-state index contributed by atoms with van der Waals surface area (Å²) in [7, 11) is 0. The maximum absolute atomic E-state index is 11.8. The first-order chi connectivity index (χ1) is 9.72. The topological polar surface area (TPSA) is 81.1 Å². The minimum atomic E-state index is -0.312. The Labute approximate surface area is 119 Å². The highest BCUT2D eigenvalue weighted by atomic mass is 32.1. The van der Waals surface area contributed by atoms with Gasteiger partial charge >= 0.3 is 0 Å². The molecular weight excluding hydrogens is 274 g/mol. The molecule has 0 spiro atoms. The van der Waals surface area contributed by atoms with Crippen LogP contribution in [0.4, 0.5) is 10.8 Å². The molecule has 0 unspecified atom stereocenters. The van der Waals surface area contributed by atoms with E-state index in [4.69, 9.17) is 10.2 Å². The molecule has 20 heavy (non-hydrogen) atoms. The molecule has 0 atom stereocenters. The van der Waals surface area contributed by atoms with Crippen LogP contribution in [0.3, 0.4) is 0 Å². The van der Waals surface area contributed by atoms with Crippen LogP contribution in [-0.4, -0.2) is 10.9 Å². The molecule has 0 aliphatic rings. The van der Waals surface area contributed by atoms with Gasteiger partial charge in [0.15, 0.2) is 10.9 Å². The summed E-state index contributed by atoms with van der Waals surface area (Å²) in [6, 6.07) is 10.7. The summed E-state index contributed by atoms with van der Waals surface area (Å²) in [5.41, 5.74) is 8.10. The van der Waals surface area contributed by atoms with Crippen molar-refractivity contribution in [2.45, 2.75) is 0 Å². The Bertz CT molecular complexity index is 717. The van der Waals surface area contributed by atoms with Crippen LogP contribution in [0.2, 0.25) is 0 Å². The first-order valence-corrected chi connectivity index (χ1v) is 6.76. The number of nitrogen functional groups attached to an aromatic ring is 1. The van der Waals surface area contributed by atoms with E-state index in [2.05, 4.69) is 10.3 Å². The van der Waals surface area contributed by atoms with Crippen molar-refractivity contribution in [3.05, 3.63) is 53.8 Å². The molecule has 0 radical (unpaired) electrons. The number of carbonyl (C=O) groups is 1. The Morgan fingerprint density at radius 3 is 2.75 bits per heavy atom. The molecule has 0 saturated carbocycles. The Morgan fingerprint density at radius 2 is 2.05 bits per heavy atom. The molecule has 1 aromatic carbocycles. The lowest BCUT2D eigenvalue weighted by Crippen LogP contribution is -2.10. The van der Waals surface area contributed by atoms with Crippen molar-refractivity contribution in [3.8, 4) is 11.3 Å². The van der Waals surface area contributed by atoms with E-state index in [-0.39, 0.29) is 11.7 Å². The third-order valence-electron chi connectivity index (χ3n) is 2.68. The second-order valence-corrected chi connectivity index (χ2v) is 4.95. The number of aromatic nitrogens is 1. The lowest BCUT2D eigenvalue weighted by atomic mass is 10.1. The Morgan fingerprint density at radius 1 is 1.25 bits per heavy atom. The van der Waals surface area contributed by atoms with E-state index in [0.717, 1.165) is 11.3 Å². The van der Waals surface area contributed by atoms with Crippen molar-refractivity contribution < 1.29 is 9.21 Å². The van der Waals surface area contributed by atoms with Crippen LogP contribution in [0.1, 0.15) is 10.6 Å². The van der Waals surface area contributed by atoms with Gasteiger partial charge in [-0.3, -0.25) is 10.1 Å². The van der Waals surface area contributed by atoms with E-state index in [1.807, 2.05) is 29.6 Å². The van der Waals surface area contributed by atoms with Crippen molar-refractivity contribution in [1.82, 2.24) is 4.98 Å². The monoisotopic (exact) mass is 285 g/mol. The zero-order valence-electron chi connectivity index (χ0n) is 10.4. The molecule has 5 nitrogen and oxygen atoms in total. The van der Waals surface area contributed by atoms with Gasteiger partial charge in [0.25, 0.3) is 5.91 Å². The first kappa shape index (κ1) is 12.4. The molecule has 2 aromatic heterocycles. The smallest absolute Gasteiger partial charge is 0.293 e. The molecule has 0 bridgehead atoms. The van der Waals surface area contributed by atoms with Crippen molar-refractivity contribution in [1.29, 1.82) is 0 Å². The summed E-state index contributed by atoms with van der Waals surface area (Å²) in [5, 5.41) is 5.10. The molecule has 0 fully saturated rings. The minimum absolute atomic E-state index is 0.259. The van der Waals surface area contributed by atoms with Gasteiger partial charge in [0.05, 0.1) is 12.0 Å². The molecule has 0 aliphatic heterocycles. The number of rotatable bonds is 3. The average Bonchev–Trinajstić information content (AvgIpc) is 3.10. The van der Waals surface area contributed by atoms with Crippen LogP contribution in [0.15, 0.2) is 52.5 Å². The number of hydrogen-bond acceptors (Lipinski definition) is 5. The maximum Gasteiger partial charge on any atom is 0.293 e. The first-order valence-electron chi connectivity index (χ1n) is 5.89. The second-order valence-electron chi connectivity index (χ2n) is 4.09. The summed E-state index contributed by atoms with van der Waals surface area (Å²) in [6.45, 7) is 0. The number of benzene rings is 1. The number of amides is 1. The van der Waals surface area contributed by atoms with Crippen LogP contribution >= 0.6 is 11.3 Å². The highest BCUT2D eigenvalue weighted by molar-refractivity contribution is 7.14. The van der Waals surface area contributed by atoms with Gasteiger partial charge in [-0.15, -0.1) is 11.3 Å². The molecular formula is C14H11N3O2S. The fourth-order valence-electron chi connectivity index (χ4n) is 1.68. The quantitative estimate of drug-likeness (QED) is 0.724. The summed E-state index contributed by atoms with van der Waals surface area (Å²) >= 11 is 1.36. The van der Waals surface area contributed by atoms with Gasteiger partial charge in [0, 0.05) is 16.6 Å². The fraction of sp³-hybridized carbons (Fsp3) is 0. The molecule has 2 heterocycles. The van der Waals surface area contributed by atoms with Gasteiger partial charge in [0.2, 0.25) is 0 Å². The van der Waals surface area contributed by atoms with E-state index in [1.54, 1.807) is 12.1 Å². The van der Waals surface area contributed by atoms with Gasteiger partial charge in [-0.25, -0.2) is 4.98 Å². The van der Waals surface area contributed by atoms with E-state index in [1.165, 1.54) is 17.6 Å². The number of nitrogens with zero attached hydrogens (tertiary/aromatic N) is 1. The highest BCUT2D eigenvalue weighted by Crippen LogP contribution is 2.25. The normalized spacial score (nSPS) is 10.4. The number of nitrogens with one attached hydrogen (secondary N) is 1. The predicted octanol–water partition coefficient (Wildman–Crippen LogP) is 3.24. The van der Waals surface area contributed by atoms with Crippen molar-refractivity contribution in [3.63, 3.8) is 0 Å². The predicted molar refractivity (Wildman–Crippen MR) is 78.6 cm³/mol. The molecule has 6 heteroatoms. The molecule has 3 aromatic rings. The Hall–Kier alpha value is -2.60.